The zero-order valence-corrected chi connectivity index (χ0v) is 24.8. The Labute approximate surface area is 238 Å². The number of ether oxygens (including phenoxy) is 1. The molecule has 224 valence electrons. The number of carbonyl (C=O) groups is 4. The molecule has 0 radical (unpaired) electrons. The maximum atomic E-state index is 14.1. The summed E-state index contributed by atoms with van der Waals surface area (Å²) in [5.74, 6) is -1.93. The van der Waals surface area contributed by atoms with E-state index in [0.717, 1.165) is 51.4 Å². The number of nitrogens with zero attached hydrogens (tertiary/aromatic N) is 1. The van der Waals surface area contributed by atoms with Gasteiger partial charge >= 0.3 is 6.09 Å². The second kappa shape index (κ2) is 15.5. The van der Waals surface area contributed by atoms with E-state index in [2.05, 4.69) is 17.6 Å². The van der Waals surface area contributed by atoms with Gasteiger partial charge in [-0.25, -0.2) is 4.79 Å². The molecule has 0 heterocycles. The lowest BCUT2D eigenvalue weighted by Gasteiger charge is -2.36. The van der Waals surface area contributed by atoms with Gasteiger partial charge < -0.3 is 31.1 Å². The fourth-order valence-corrected chi connectivity index (χ4v) is 5.01. The van der Waals surface area contributed by atoms with E-state index in [1.54, 1.807) is 45.9 Å². The first kappa shape index (κ1) is 32.9. The molecule has 1 aromatic rings. The third-order valence-corrected chi connectivity index (χ3v) is 7.01. The highest BCUT2D eigenvalue weighted by atomic mass is 16.6. The summed E-state index contributed by atoms with van der Waals surface area (Å²) in [5.41, 5.74) is 5.48. The highest BCUT2D eigenvalue weighted by Crippen LogP contribution is 2.33. The van der Waals surface area contributed by atoms with Crippen LogP contribution >= 0.6 is 0 Å². The molecule has 2 rings (SSSR count). The van der Waals surface area contributed by atoms with Crippen LogP contribution < -0.4 is 16.4 Å². The zero-order chi connectivity index (χ0) is 29.9. The number of aromatic hydroxyl groups is 1. The average Bonchev–Trinajstić information content (AvgIpc) is 2.86. The lowest BCUT2D eigenvalue weighted by molar-refractivity contribution is -0.143. The zero-order valence-electron chi connectivity index (χ0n) is 24.8. The molecule has 1 saturated carbocycles. The molecular formula is C30H48N4O6. The van der Waals surface area contributed by atoms with Gasteiger partial charge in [0.1, 0.15) is 23.4 Å². The molecule has 10 nitrogen and oxygen atoms in total. The Morgan fingerprint density at radius 2 is 1.77 bits per heavy atom. The fraction of sp³-hybridized carbons (Fsp3) is 0.667. The maximum Gasteiger partial charge on any atom is 0.408 e. The van der Waals surface area contributed by atoms with E-state index >= 15 is 0 Å². The monoisotopic (exact) mass is 560 g/mol. The number of hydrogen-bond donors (Lipinski definition) is 4. The van der Waals surface area contributed by atoms with Crippen LogP contribution in [0.25, 0.3) is 0 Å². The van der Waals surface area contributed by atoms with Gasteiger partial charge in [0.05, 0.1) is 6.42 Å². The van der Waals surface area contributed by atoms with Crippen LogP contribution in [0.3, 0.4) is 0 Å². The number of para-hydroxylation sites is 1. The third kappa shape index (κ3) is 10.4. The molecule has 0 aliphatic heterocycles. The van der Waals surface area contributed by atoms with Crippen molar-refractivity contribution in [3.05, 3.63) is 29.3 Å². The normalized spacial score (nSPS) is 15.5. The first-order valence-electron chi connectivity index (χ1n) is 14.5. The molecule has 1 aliphatic carbocycles. The van der Waals surface area contributed by atoms with Crippen LogP contribution in [0.4, 0.5) is 4.79 Å². The van der Waals surface area contributed by atoms with Gasteiger partial charge in [-0.3, -0.25) is 14.4 Å². The molecule has 2 unspecified atom stereocenters. The Morgan fingerprint density at radius 1 is 1.10 bits per heavy atom. The maximum absolute atomic E-state index is 14.1. The van der Waals surface area contributed by atoms with Crippen molar-refractivity contribution in [2.45, 2.75) is 123 Å². The number of nitrogens with two attached hydrogens (primary N) is 1. The molecule has 2 atom stereocenters. The number of aryl methyl sites for hydroxylation is 1. The van der Waals surface area contributed by atoms with Crippen LogP contribution in [0.15, 0.2) is 18.2 Å². The van der Waals surface area contributed by atoms with Crippen molar-refractivity contribution in [3.63, 3.8) is 0 Å². The Balaban J connectivity index is 2.53. The molecule has 0 spiro atoms. The molecule has 0 bridgehead atoms. The van der Waals surface area contributed by atoms with Gasteiger partial charge in [-0.15, -0.1) is 0 Å². The van der Waals surface area contributed by atoms with E-state index in [1.165, 1.54) is 4.90 Å². The number of nitrogens with one attached hydrogen (secondary N) is 2. The predicted molar refractivity (Wildman–Crippen MR) is 153 cm³/mol. The molecule has 4 amide bonds. The fourth-order valence-electron chi connectivity index (χ4n) is 5.01. The van der Waals surface area contributed by atoms with Gasteiger partial charge in [0, 0.05) is 18.2 Å². The summed E-state index contributed by atoms with van der Waals surface area (Å²) >= 11 is 0. The summed E-state index contributed by atoms with van der Waals surface area (Å²) in [5, 5.41) is 16.6. The highest BCUT2D eigenvalue weighted by Gasteiger charge is 2.38. The van der Waals surface area contributed by atoms with Gasteiger partial charge in [0.2, 0.25) is 17.7 Å². The smallest absolute Gasteiger partial charge is 0.408 e. The molecule has 1 fully saturated rings. The van der Waals surface area contributed by atoms with Crippen molar-refractivity contribution < 1.29 is 29.0 Å². The largest absolute Gasteiger partial charge is 0.507 e. The Bertz CT molecular complexity index is 1020. The predicted octanol–water partition coefficient (Wildman–Crippen LogP) is 4.37. The van der Waals surface area contributed by atoms with E-state index < -0.39 is 47.9 Å². The average molecular weight is 561 g/mol. The van der Waals surface area contributed by atoms with E-state index in [1.807, 2.05) is 0 Å². The van der Waals surface area contributed by atoms with Crippen LogP contribution in [0.2, 0.25) is 0 Å². The van der Waals surface area contributed by atoms with Gasteiger partial charge in [0.15, 0.2) is 0 Å². The van der Waals surface area contributed by atoms with Gasteiger partial charge in [-0.2, -0.15) is 0 Å². The number of phenolic OH excluding ortho intramolecular Hbond substituents is 1. The van der Waals surface area contributed by atoms with Crippen molar-refractivity contribution in [1.29, 1.82) is 0 Å². The van der Waals surface area contributed by atoms with E-state index in [-0.39, 0.29) is 23.9 Å². The summed E-state index contributed by atoms with van der Waals surface area (Å²) in [4.78, 5) is 54.1. The third-order valence-electron chi connectivity index (χ3n) is 7.01. The van der Waals surface area contributed by atoms with Crippen LogP contribution in [-0.4, -0.2) is 58.1 Å². The van der Waals surface area contributed by atoms with E-state index in [9.17, 15) is 24.3 Å². The number of phenols is 1. The van der Waals surface area contributed by atoms with Crippen LogP contribution in [0, 0.1) is 6.92 Å². The summed E-state index contributed by atoms with van der Waals surface area (Å²) in [6, 6.07) is 2.52. The van der Waals surface area contributed by atoms with E-state index in [4.69, 9.17) is 10.5 Å². The molecule has 5 N–H and O–H groups in total. The molecule has 10 heteroatoms. The molecule has 0 aromatic heterocycles. The number of alkyl carbamates (subject to hydrolysis) is 1. The van der Waals surface area contributed by atoms with Crippen LogP contribution in [0.1, 0.15) is 109 Å². The number of rotatable bonds is 13. The number of hydrogen-bond acceptors (Lipinski definition) is 6. The number of carbonyl (C=O) groups excluding carboxylic acids is 4. The Morgan fingerprint density at radius 3 is 2.38 bits per heavy atom. The van der Waals surface area contributed by atoms with Crippen molar-refractivity contribution in [2.24, 2.45) is 5.73 Å². The number of amides is 4. The second-order valence-electron chi connectivity index (χ2n) is 11.7. The lowest BCUT2D eigenvalue weighted by atomic mass is 9.94. The topological polar surface area (TPSA) is 151 Å². The van der Waals surface area contributed by atoms with Crippen LogP contribution in [-0.2, 0) is 19.1 Å². The van der Waals surface area contributed by atoms with Gasteiger partial charge in [-0.1, -0.05) is 63.6 Å². The summed E-state index contributed by atoms with van der Waals surface area (Å²) < 4.78 is 5.33. The standard InChI is InChI=1S/C30H48N4O6/c1-6-7-8-12-18-34(28(38)23(19-24(31)35)33-29(39)40-30(3,4)5)25(22-17-13-14-20(2)26(22)36)27(37)32-21-15-10-9-11-16-21/h13-14,17,21,23,25,36H,6-12,15-16,18-19H2,1-5H3,(H2,31,35)(H,32,37)(H,33,39). The summed E-state index contributed by atoms with van der Waals surface area (Å²) in [7, 11) is 0. The Kier molecular flexibility index (Phi) is 12.7. The molecular weight excluding hydrogens is 512 g/mol. The van der Waals surface area contributed by atoms with Gasteiger partial charge in [-0.05, 0) is 52.5 Å². The van der Waals surface area contributed by atoms with E-state index in [0.29, 0.717) is 12.0 Å². The first-order valence-corrected chi connectivity index (χ1v) is 14.5. The Hall–Kier alpha value is -3.30. The quantitative estimate of drug-likeness (QED) is 0.263. The minimum atomic E-state index is -1.35. The molecule has 0 saturated heterocycles. The first-order chi connectivity index (χ1) is 18.8. The van der Waals surface area contributed by atoms with Crippen molar-refractivity contribution in [1.82, 2.24) is 15.5 Å². The molecule has 1 aromatic carbocycles. The van der Waals surface area contributed by atoms with Crippen LogP contribution in [0.5, 0.6) is 5.75 Å². The number of unbranched alkanes of at least 4 members (excludes halogenated alkanes) is 3. The van der Waals surface area contributed by atoms with Crippen molar-refractivity contribution in [2.75, 3.05) is 6.54 Å². The number of primary amides is 1. The van der Waals surface area contributed by atoms with Crippen molar-refractivity contribution in [3.8, 4) is 5.75 Å². The van der Waals surface area contributed by atoms with Gasteiger partial charge in [0.25, 0.3) is 0 Å². The van der Waals surface area contributed by atoms with Crippen molar-refractivity contribution >= 4 is 23.8 Å². The molecule has 1 aliphatic rings. The lowest BCUT2D eigenvalue weighted by Crippen LogP contribution is -2.55. The number of benzene rings is 1. The summed E-state index contributed by atoms with van der Waals surface area (Å²) in [6.07, 6.45) is 6.78. The minimum Gasteiger partial charge on any atom is -0.507 e. The summed E-state index contributed by atoms with van der Waals surface area (Å²) in [6.45, 7) is 9.03. The SMILES string of the molecule is CCCCCCN(C(=O)C(CC(N)=O)NC(=O)OC(C)(C)C)C(C(=O)NC1CCCCC1)c1cccc(C)c1O. The minimum absolute atomic E-state index is 0.0333. The second-order valence-corrected chi connectivity index (χ2v) is 11.7. The molecule has 40 heavy (non-hydrogen) atoms. The highest BCUT2D eigenvalue weighted by molar-refractivity contribution is 5.95.